The third kappa shape index (κ3) is 1.52. The van der Waals surface area contributed by atoms with Crippen molar-refractivity contribution in [1.29, 1.82) is 0 Å². The van der Waals surface area contributed by atoms with Crippen molar-refractivity contribution >= 4 is 30.7 Å². The van der Waals surface area contributed by atoms with Gasteiger partial charge < -0.3 is 0 Å². The standard InChI is InChI=1S/C12H12IN/c1-9-2-3-10-8-11(13-6-7-13)4-5-12(10)14-9/h2-5,8H,6-7H2,1H3. The molecule has 0 unspecified atom stereocenters. The zero-order valence-corrected chi connectivity index (χ0v) is 10.3. The maximum absolute atomic E-state index is 4.51. The number of hydrogen-bond donors (Lipinski definition) is 0. The van der Waals surface area contributed by atoms with E-state index >= 15 is 0 Å². The molecule has 1 fully saturated rings. The van der Waals surface area contributed by atoms with E-state index in [1.807, 2.05) is 6.92 Å². The Kier molecular flexibility index (Phi) is 1.97. The third-order valence-corrected chi connectivity index (χ3v) is 7.07. The molecule has 1 saturated heterocycles. The van der Waals surface area contributed by atoms with Crippen molar-refractivity contribution in [2.45, 2.75) is 6.92 Å². The first-order valence-electron chi connectivity index (χ1n) is 4.82. The first-order chi connectivity index (χ1) is 6.83. The van der Waals surface area contributed by atoms with Crippen molar-refractivity contribution in [3.05, 3.63) is 39.6 Å². The summed E-state index contributed by atoms with van der Waals surface area (Å²) in [6.45, 7) is 2.05. The van der Waals surface area contributed by atoms with E-state index in [1.54, 1.807) is 3.57 Å². The van der Waals surface area contributed by atoms with E-state index in [-0.39, 0.29) is 0 Å². The molecule has 72 valence electrons. The van der Waals surface area contributed by atoms with Gasteiger partial charge in [0.1, 0.15) is 0 Å². The van der Waals surface area contributed by atoms with Gasteiger partial charge in [-0.25, -0.2) is 0 Å². The normalized spacial score (nSPS) is 17.4. The average Bonchev–Trinajstić information content (AvgIpc) is 3.00. The molecule has 1 aromatic carbocycles. The number of nitrogens with zero attached hydrogens (tertiary/aromatic N) is 1. The summed E-state index contributed by atoms with van der Waals surface area (Å²) in [5.74, 6) is 0. The van der Waals surface area contributed by atoms with Crippen LogP contribution in [0.2, 0.25) is 0 Å². The summed E-state index contributed by atoms with van der Waals surface area (Å²) in [7, 11) is 0. The molecule has 0 bridgehead atoms. The van der Waals surface area contributed by atoms with Gasteiger partial charge in [0.2, 0.25) is 0 Å². The first kappa shape index (κ1) is 8.65. The monoisotopic (exact) mass is 297 g/mol. The van der Waals surface area contributed by atoms with Gasteiger partial charge in [0.15, 0.2) is 0 Å². The van der Waals surface area contributed by atoms with Crippen molar-refractivity contribution in [2.24, 2.45) is 0 Å². The molecular weight excluding hydrogens is 285 g/mol. The molecule has 1 aliphatic heterocycles. The Morgan fingerprint density at radius 1 is 1.14 bits per heavy atom. The summed E-state index contributed by atoms with van der Waals surface area (Å²) in [6, 6.07) is 11.1. The molecule has 0 N–H and O–H groups in total. The van der Waals surface area contributed by atoms with Gasteiger partial charge in [-0.05, 0) is 0 Å². The van der Waals surface area contributed by atoms with Crippen LogP contribution in [0.4, 0.5) is 0 Å². The Bertz CT molecular complexity index is 489. The number of halogens is 1. The number of fused-ring (bicyclic) bond motifs is 1. The summed E-state index contributed by atoms with van der Waals surface area (Å²) in [5, 5.41) is 1.32. The van der Waals surface area contributed by atoms with Crippen LogP contribution >= 0.6 is 19.8 Å². The van der Waals surface area contributed by atoms with Crippen molar-refractivity contribution < 1.29 is 0 Å². The minimum atomic E-state index is -0.588. The summed E-state index contributed by atoms with van der Waals surface area (Å²) < 4.78 is 4.69. The van der Waals surface area contributed by atoms with E-state index in [0.29, 0.717) is 0 Å². The fourth-order valence-electron chi connectivity index (χ4n) is 1.62. The van der Waals surface area contributed by atoms with Crippen LogP contribution in [0.15, 0.2) is 30.3 Å². The SMILES string of the molecule is Cc1ccc2cc(I3CC3)ccc2n1. The minimum absolute atomic E-state index is 0.588. The predicted molar refractivity (Wildman–Crippen MR) is 68.9 cm³/mol. The number of rotatable bonds is 1. The molecule has 0 aliphatic carbocycles. The summed E-state index contributed by atoms with van der Waals surface area (Å²) >= 11 is -0.588. The Morgan fingerprint density at radius 3 is 2.79 bits per heavy atom. The number of alkyl halides is 2. The molecule has 0 saturated carbocycles. The Balaban J connectivity index is 2.18. The molecule has 2 heterocycles. The van der Waals surface area contributed by atoms with Gasteiger partial charge in [-0.15, -0.1) is 0 Å². The zero-order chi connectivity index (χ0) is 9.54. The van der Waals surface area contributed by atoms with Crippen LogP contribution in [-0.2, 0) is 0 Å². The topological polar surface area (TPSA) is 12.9 Å². The molecule has 0 radical (unpaired) electrons. The molecule has 2 heteroatoms. The molecule has 0 amide bonds. The van der Waals surface area contributed by atoms with E-state index in [0.717, 1.165) is 11.2 Å². The third-order valence-electron chi connectivity index (χ3n) is 2.48. The van der Waals surface area contributed by atoms with Crippen LogP contribution in [0.3, 0.4) is 0 Å². The van der Waals surface area contributed by atoms with Crippen molar-refractivity contribution in [3.8, 4) is 0 Å². The Morgan fingerprint density at radius 2 is 2.00 bits per heavy atom. The van der Waals surface area contributed by atoms with Crippen LogP contribution in [0.1, 0.15) is 5.69 Å². The first-order valence-corrected chi connectivity index (χ1v) is 8.95. The molecule has 0 spiro atoms. The number of aromatic nitrogens is 1. The van der Waals surface area contributed by atoms with Gasteiger partial charge in [-0.3, -0.25) is 0 Å². The maximum atomic E-state index is 4.51. The molecule has 1 aliphatic rings. The molecule has 14 heavy (non-hydrogen) atoms. The van der Waals surface area contributed by atoms with Gasteiger partial charge in [0.25, 0.3) is 0 Å². The Labute approximate surface area is 90.9 Å². The van der Waals surface area contributed by atoms with Gasteiger partial charge in [0.05, 0.1) is 0 Å². The van der Waals surface area contributed by atoms with Gasteiger partial charge >= 0.3 is 91.1 Å². The van der Waals surface area contributed by atoms with Crippen molar-refractivity contribution in [3.63, 3.8) is 0 Å². The summed E-state index contributed by atoms with van der Waals surface area (Å²) in [5.41, 5.74) is 2.25. The van der Waals surface area contributed by atoms with E-state index in [1.165, 1.54) is 14.2 Å². The van der Waals surface area contributed by atoms with Crippen LogP contribution in [0.25, 0.3) is 10.9 Å². The molecule has 2 aromatic rings. The second-order valence-corrected chi connectivity index (χ2v) is 9.63. The molecule has 0 atom stereocenters. The summed E-state index contributed by atoms with van der Waals surface area (Å²) in [4.78, 5) is 4.51. The fourth-order valence-corrected chi connectivity index (χ4v) is 5.90. The Hall–Kier alpha value is -0.640. The number of pyridine rings is 1. The number of hydrogen-bond acceptors (Lipinski definition) is 1. The summed E-state index contributed by atoms with van der Waals surface area (Å²) in [6.07, 6.45) is 0. The van der Waals surface area contributed by atoms with Crippen LogP contribution in [-0.4, -0.2) is 13.8 Å². The van der Waals surface area contributed by atoms with E-state index in [9.17, 15) is 0 Å². The van der Waals surface area contributed by atoms with E-state index in [2.05, 4.69) is 35.3 Å². The molecule has 1 aromatic heterocycles. The van der Waals surface area contributed by atoms with Gasteiger partial charge in [-0.2, -0.15) is 0 Å². The second kappa shape index (κ2) is 3.19. The van der Waals surface area contributed by atoms with Gasteiger partial charge in [0, 0.05) is 0 Å². The van der Waals surface area contributed by atoms with Crippen LogP contribution in [0.5, 0.6) is 0 Å². The second-order valence-electron chi connectivity index (χ2n) is 3.62. The van der Waals surface area contributed by atoms with E-state index < -0.39 is 19.8 Å². The quantitative estimate of drug-likeness (QED) is 0.582. The molecular formula is C12H12IN. The number of benzene rings is 1. The van der Waals surface area contributed by atoms with Gasteiger partial charge in [-0.1, -0.05) is 0 Å². The zero-order valence-electron chi connectivity index (χ0n) is 8.13. The van der Waals surface area contributed by atoms with Crippen molar-refractivity contribution in [2.75, 3.05) is 8.86 Å². The average molecular weight is 297 g/mol. The van der Waals surface area contributed by atoms with E-state index in [4.69, 9.17) is 0 Å². The predicted octanol–water partition coefficient (Wildman–Crippen LogP) is 3.23. The van der Waals surface area contributed by atoms with Crippen LogP contribution < -0.4 is 0 Å². The molecule has 1 nitrogen and oxygen atoms in total. The van der Waals surface area contributed by atoms with Crippen molar-refractivity contribution in [1.82, 2.24) is 4.98 Å². The number of aryl methyl sites for hydroxylation is 1. The molecule has 3 rings (SSSR count). The van der Waals surface area contributed by atoms with Crippen LogP contribution in [0, 0.1) is 10.5 Å². The fraction of sp³-hybridized carbons (Fsp3) is 0.250.